The first-order valence-corrected chi connectivity index (χ1v) is 22.7. The first-order valence-electron chi connectivity index (χ1n) is 19.6. The van der Waals surface area contributed by atoms with Gasteiger partial charge >= 0.3 is 39.1 Å². The maximum atomic E-state index is 15.4. The topological polar surface area (TPSA) is 227 Å². The van der Waals surface area contributed by atoms with Crippen molar-refractivity contribution in [2.24, 2.45) is 21.7 Å². The first-order chi connectivity index (χ1) is 27.3. The summed E-state index contributed by atoms with van der Waals surface area (Å²) in [6, 6.07) is 0. The molecule has 0 unspecified atom stereocenters. The van der Waals surface area contributed by atoms with Crippen LogP contribution in [0.5, 0.6) is 0 Å². The summed E-state index contributed by atoms with van der Waals surface area (Å²) in [5, 5.41) is 17.6. The summed E-state index contributed by atoms with van der Waals surface area (Å²) in [5.74, 6) is -3.01. The number of ether oxygens (including phenoxy) is 4. The number of carbonyl (C=O) groups excluding carboxylic acids is 4. The number of hydrogen-bond acceptors (Lipinski definition) is 17. The fourth-order valence-corrected chi connectivity index (χ4v) is 9.10. The molecule has 0 aliphatic heterocycles. The van der Waals surface area contributed by atoms with Gasteiger partial charge in [-0.25, -0.2) is 0 Å². The molecule has 0 saturated heterocycles. The van der Waals surface area contributed by atoms with E-state index in [1.165, 1.54) is 10.9 Å². The van der Waals surface area contributed by atoms with E-state index >= 15 is 9.13 Å². The molecule has 0 aliphatic carbocycles. The van der Waals surface area contributed by atoms with Crippen LogP contribution in [0.1, 0.15) is 129 Å². The highest BCUT2D eigenvalue weighted by Gasteiger charge is 2.63. The van der Waals surface area contributed by atoms with E-state index in [1.54, 1.807) is 83.1 Å². The van der Waals surface area contributed by atoms with E-state index in [2.05, 4.69) is 10.3 Å². The van der Waals surface area contributed by atoms with Gasteiger partial charge in [0.1, 0.15) is 0 Å². The summed E-state index contributed by atoms with van der Waals surface area (Å²) in [5.41, 5.74) is -1.98. The van der Waals surface area contributed by atoms with Gasteiger partial charge in [0.2, 0.25) is 27.2 Å². The molecule has 60 heavy (non-hydrogen) atoms. The number of esters is 4. The van der Waals surface area contributed by atoms with E-state index in [0.717, 1.165) is 30.9 Å². The molecule has 0 fully saturated rings. The molecule has 0 aromatic carbocycles. The molecular weight excluding hydrogens is 824 g/mol. The zero-order valence-corrected chi connectivity index (χ0v) is 40.0. The summed E-state index contributed by atoms with van der Waals surface area (Å²) < 4.78 is 76.3. The molecular formula is C40H69N3O15P2. The molecule has 1 N–H and O–H groups in total. The third-order valence-electron chi connectivity index (χ3n) is 8.51. The van der Waals surface area contributed by atoms with Gasteiger partial charge < -0.3 is 24.1 Å². The third-order valence-corrected chi connectivity index (χ3v) is 14.4. The van der Waals surface area contributed by atoms with Crippen LogP contribution in [0.15, 0.2) is 29.5 Å². The standard InChI is InChI=1S/C40H69N3O15P2/c1-29(18-16-19-30(2)24-44)20-17-21-43-23-31(41-42-43)22-40(15,59(49,55-25-51-32(45)36(3,4)5)56-26-52-33(46)37(6,7)8)60(50,57-27-53-34(47)38(9,10)11)58-28-54-35(48)39(12,13)14/h19-20,23,44H,16-18,21-22,24-28H2,1-15H3/b29-20-,30-19+. The molecule has 20 heteroatoms. The highest BCUT2D eigenvalue weighted by Crippen LogP contribution is 2.78. The zero-order valence-electron chi connectivity index (χ0n) is 38.2. The van der Waals surface area contributed by atoms with Crippen LogP contribution in [0.4, 0.5) is 0 Å². The van der Waals surface area contributed by atoms with Crippen LogP contribution < -0.4 is 0 Å². The summed E-state index contributed by atoms with van der Waals surface area (Å²) in [6.07, 6.45) is 7.02. The highest BCUT2D eigenvalue weighted by molar-refractivity contribution is 7.74. The van der Waals surface area contributed by atoms with Crippen molar-refractivity contribution in [3.63, 3.8) is 0 Å². The van der Waals surface area contributed by atoms with Crippen LogP contribution in [0, 0.1) is 21.7 Å². The Hall–Kier alpha value is -3.24. The molecule has 0 bridgehead atoms. The van der Waals surface area contributed by atoms with E-state index in [0.29, 0.717) is 13.0 Å². The number of allylic oxidation sites excluding steroid dienone is 3. The Balaban J connectivity index is 3.87. The van der Waals surface area contributed by atoms with Gasteiger partial charge in [0.15, 0.2) is 4.90 Å². The Labute approximate surface area is 355 Å². The second-order valence-electron chi connectivity index (χ2n) is 18.7. The quantitative estimate of drug-likeness (QED) is 0.0359. The van der Waals surface area contributed by atoms with Crippen LogP contribution in [-0.2, 0) is 78.3 Å². The van der Waals surface area contributed by atoms with E-state index in [4.69, 9.17) is 37.0 Å². The molecule has 0 saturated carbocycles. The van der Waals surface area contributed by atoms with E-state index in [9.17, 15) is 24.3 Å². The number of aliphatic hydroxyl groups excluding tert-OH is 1. The Bertz CT molecular complexity index is 1610. The fourth-order valence-electron chi connectivity index (χ4n) is 4.47. The van der Waals surface area contributed by atoms with E-state index in [-0.39, 0.29) is 12.3 Å². The number of aryl methyl sites for hydroxylation is 1. The lowest BCUT2D eigenvalue weighted by atomic mass is 9.98. The smallest absolute Gasteiger partial charge is 0.354 e. The SMILES string of the molecule is C/C(=C/CCn1cc(CC(C)(P(=O)(OCOC(=O)C(C)(C)C)OCOC(=O)C(C)(C)C)P(=O)(OCOC(=O)C(C)(C)C)OCOC(=O)C(C)(C)C)nn1)CC/C=C(\C)CO. The molecule has 1 heterocycles. The molecule has 0 amide bonds. The van der Waals surface area contributed by atoms with Crippen molar-refractivity contribution in [1.29, 1.82) is 0 Å². The third kappa shape index (κ3) is 17.6. The zero-order chi connectivity index (χ0) is 46.4. The predicted octanol–water partition coefficient (Wildman–Crippen LogP) is 8.23. The molecule has 0 spiro atoms. The molecule has 18 nitrogen and oxygen atoms in total. The van der Waals surface area contributed by atoms with Crippen LogP contribution in [0.25, 0.3) is 0 Å². The molecule has 1 aromatic heterocycles. The van der Waals surface area contributed by atoms with Gasteiger partial charge in [-0.2, -0.15) is 0 Å². The van der Waals surface area contributed by atoms with E-state index < -0.39 is 99.2 Å². The Morgan fingerprint density at radius 2 is 0.967 bits per heavy atom. The minimum Gasteiger partial charge on any atom is -0.438 e. The van der Waals surface area contributed by atoms with Crippen LogP contribution in [0.3, 0.4) is 0 Å². The average Bonchev–Trinajstić information content (AvgIpc) is 3.56. The van der Waals surface area contributed by atoms with Crippen molar-refractivity contribution < 1.29 is 70.5 Å². The Morgan fingerprint density at radius 1 is 0.617 bits per heavy atom. The van der Waals surface area contributed by atoms with Crippen molar-refractivity contribution in [2.45, 2.75) is 141 Å². The van der Waals surface area contributed by atoms with Gasteiger partial charge in [0.25, 0.3) is 0 Å². The van der Waals surface area contributed by atoms with Crippen molar-refractivity contribution in [2.75, 3.05) is 33.8 Å². The summed E-state index contributed by atoms with van der Waals surface area (Å²) in [4.78, 5) is 48.5. The van der Waals surface area contributed by atoms with Crippen LogP contribution in [-0.4, -0.2) is 82.7 Å². The van der Waals surface area contributed by atoms with Gasteiger partial charge in [-0.1, -0.05) is 28.5 Å². The van der Waals surface area contributed by atoms with Crippen molar-refractivity contribution in [1.82, 2.24) is 15.0 Å². The number of rotatable bonds is 23. The van der Waals surface area contributed by atoms with Gasteiger partial charge in [-0.15, -0.1) is 5.10 Å². The monoisotopic (exact) mass is 893 g/mol. The van der Waals surface area contributed by atoms with Crippen molar-refractivity contribution >= 4 is 39.1 Å². The van der Waals surface area contributed by atoms with Crippen LogP contribution in [0.2, 0.25) is 0 Å². The first kappa shape index (κ1) is 54.8. The van der Waals surface area contributed by atoms with Gasteiger partial charge in [0.05, 0.1) is 34.0 Å². The molecule has 0 aliphatic rings. The lowest BCUT2D eigenvalue weighted by Crippen LogP contribution is -2.35. The summed E-state index contributed by atoms with van der Waals surface area (Å²) in [7, 11) is -10.3. The summed E-state index contributed by atoms with van der Waals surface area (Å²) >= 11 is 0. The largest absolute Gasteiger partial charge is 0.438 e. The lowest BCUT2D eigenvalue weighted by molar-refractivity contribution is -0.163. The highest BCUT2D eigenvalue weighted by atomic mass is 31.2. The normalized spacial score (nSPS) is 13.9. The predicted molar refractivity (Wildman–Crippen MR) is 222 cm³/mol. The number of carbonyl (C=O) groups is 4. The molecule has 1 aromatic rings. The number of aliphatic hydroxyl groups is 1. The second-order valence-corrected chi connectivity index (χ2v) is 24.0. The maximum absolute atomic E-state index is 15.4. The minimum absolute atomic E-state index is 0.00245. The number of nitrogens with zero attached hydrogens (tertiary/aromatic N) is 3. The average molecular weight is 894 g/mol. The van der Waals surface area contributed by atoms with Gasteiger partial charge in [-0.3, -0.25) is 51.1 Å². The minimum atomic E-state index is -5.14. The van der Waals surface area contributed by atoms with Crippen molar-refractivity contribution in [3.8, 4) is 0 Å². The Kier molecular flexibility index (Phi) is 20.8. The second kappa shape index (κ2) is 22.7. The molecule has 0 radical (unpaired) electrons. The molecule has 1 rings (SSSR count). The van der Waals surface area contributed by atoms with Gasteiger partial charge in [0, 0.05) is 19.2 Å². The van der Waals surface area contributed by atoms with E-state index in [1.807, 2.05) is 26.0 Å². The molecule has 344 valence electrons. The summed E-state index contributed by atoms with van der Waals surface area (Å²) in [6.45, 7) is 20.3. The number of aromatic nitrogens is 3. The van der Waals surface area contributed by atoms with Crippen molar-refractivity contribution in [3.05, 3.63) is 35.2 Å². The van der Waals surface area contributed by atoms with Crippen LogP contribution >= 0.6 is 15.2 Å². The maximum Gasteiger partial charge on any atom is 0.354 e. The van der Waals surface area contributed by atoms with Gasteiger partial charge in [-0.05, 0) is 123 Å². The lowest BCUT2D eigenvalue weighted by Gasteiger charge is -2.39. The fraction of sp³-hybridized carbons (Fsp3) is 0.750. The Morgan fingerprint density at radius 3 is 1.30 bits per heavy atom. The molecule has 0 atom stereocenters. The number of hydrogen-bond donors (Lipinski definition) is 1.